The van der Waals surface area contributed by atoms with Gasteiger partial charge in [0.25, 0.3) is 0 Å². The van der Waals surface area contributed by atoms with Gasteiger partial charge in [0, 0.05) is 0 Å². The summed E-state index contributed by atoms with van der Waals surface area (Å²) in [4.78, 5) is 10.0. The third-order valence-corrected chi connectivity index (χ3v) is 0.673. The Balaban J connectivity index is 3.73. The molecule has 1 unspecified atom stereocenters. The molecule has 0 aromatic rings. The molecule has 0 radical (unpaired) electrons. The van der Waals surface area contributed by atoms with Gasteiger partial charge in [0.2, 0.25) is 0 Å². The van der Waals surface area contributed by atoms with Crippen molar-refractivity contribution in [3.8, 4) is 6.07 Å². The molecule has 9 heavy (non-hydrogen) atoms. The summed E-state index contributed by atoms with van der Waals surface area (Å²) in [5, 5.41) is 10.3. The van der Waals surface area contributed by atoms with Crippen molar-refractivity contribution in [2.75, 3.05) is 0 Å². The summed E-state index contributed by atoms with van der Waals surface area (Å²) < 4.78 is 0. The smallest absolute Gasteiger partial charge is 0.313 e. The van der Waals surface area contributed by atoms with E-state index >= 15 is 0 Å². The van der Waals surface area contributed by atoms with Gasteiger partial charge in [0.15, 0.2) is 0 Å². The third kappa shape index (κ3) is 3.12. The van der Waals surface area contributed by atoms with Crippen molar-refractivity contribution in [2.45, 2.75) is 6.04 Å². The fraction of sp³-hybridized carbons (Fsp3) is 0.200. The van der Waals surface area contributed by atoms with E-state index in [0.29, 0.717) is 0 Å². The van der Waals surface area contributed by atoms with E-state index in [2.05, 4.69) is 11.9 Å². The van der Waals surface area contributed by atoms with Crippen LogP contribution in [0.3, 0.4) is 0 Å². The summed E-state index contributed by atoms with van der Waals surface area (Å²) in [5.41, 5.74) is 4.70. The number of urea groups is 1. The third-order valence-electron chi connectivity index (χ3n) is 0.673. The molecule has 0 aliphatic carbocycles. The minimum absolute atomic E-state index is 0.678. The van der Waals surface area contributed by atoms with E-state index < -0.39 is 12.1 Å². The highest BCUT2D eigenvalue weighted by molar-refractivity contribution is 5.72. The number of nitriles is 1. The Morgan fingerprint density at radius 3 is 2.67 bits per heavy atom. The van der Waals surface area contributed by atoms with Gasteiger partial charge in [-0.15, -0.1) is 0 Å². The topological polar surface area (TPSA) is 78.9 Å². The lowest BCUT2D eigenvalue weighted by Gasteiger charge is -2.00. The summed E-state index contributed by atoms with van der Waals surface area (Å²) in [6, 6.07) is 0.354. The Labute approximate surface area is 53.0 Å². The molecule has 0 saturated heterocycles. The second-order valence-electron chi connectivity index (χ2n) is 1.35. The van der Waals surface area contributed by atoms with Crippen molar-refractivity contribution in [1.82, 2.24) is 5.32 Å². The highest BCUT2D eigenvalue weighted by atomic mass is 16.2. The average molecular weight is 125 g/mol. The van der Waals surface area contributed by atoms with Crippen LogP contribution in [0.5, 0.6) is 0 Å². The number of nitrogens with zero attached hydrogens (tertiary/aromatic N) is 1. The molecule has 0 heterocycles. The Kier molecular flexibility index (Phi) is 2.91. The van der Waals surface area contributed by atoms with Gasteiger partial charge in [-0.1, -0.05) is 12.7 Å². The lowest BCUT2D eigenvalue weighted by Crippen LogP contribution is -2.36. The van der Waals surface area contributed by atoms with Crippen LogP contribution in [0.1, 0.15) is 0 Å². The van der Waals surface area contributed by atoms with Crippen molar-refractivity contribution >= 4 is 6.03 Å². The Morgan fingerprint density at radius 2 is 2.56 bits per heavy atom. The van der Waals surface area contributed by atoms with Crippen LogP contribution in [-0.2, 0) is 0 Å². The van der Waals surface area contributed by atoms with E-state index in [1.165, 1.54) is 6.08 Å². The normalized spacial score (nSPS) is 11.0. The number of hydrogen-bond acceptors (Lipinski definition) is 2. The first-order chi connectivity index (χ1) is 4.20. The molecular formula is C5H7N3O. The summed E-state index contributed by atoms with van der Waals surface area (Å²) in [5.74, 6) is 0. The SMILES string of the molecule is C=CC(C#N)NC(N)=O. The zero-order chi connectivity index (χ0) is 7.28. The molecule has 3 N–H and O–H groups in total. The number of rotatable bonds is 2. The standard InChI is InChI=1S/C5H7N3O/c1-2-4(3-6)8-5(7)9/h2,4H,1H2,(H3,7,8,9). The van der Waals surface area contributed by atoms with Gasteiger partial charge < -0.3 is 11.1 Å². The molecule has 0 aromatic carbocycles. The molecule has 0 bridgehead atoms. The van der Waals surface area contributed by atoms with Crippen LogP contribution in [0.4, 0.5) is 4.79 Å². The number of primary amides is 1. The molecule has 0 fully saturated rings. The van der Waals surface area contributed by atoms with E-state index in [-0.39, 0.29) is 0 Å². The molecule has 0 aliphatic heterocycles. The number of amides is 2. The van der Waals surface area contributed by atoms with E-state index in [4.69, 9.17) is 11.0 Å². The van der Waals surface area contributed by atoms with Crippen LogP contribution in [-0.4, -0.2) is 12.1 Å². The summed E-state index contributed by atoms with van der Waals surface area (Å²) >= 11 is 0. The molecule has 0 saturated carbocycles. The Bertz CT molecular complexity index is 158. The average Bonchev–Trinajstić information content (AvgIpc) is 1.82. The van der Waals surface area contributed by atoms with Crippen LogP contribution < -0.4 is 11.1 Å². The maximum absolute atomic E-state index is 10.0. The second kappa shape index (κ2) is 3.50. The number of hydrogen-bond donors (Lipinski definition) is 2. The lowest BCUT2D eigenvalue weighted by molar-refractivity contribution is 0.248. The minimum Gasteiger partial charge on any atom is -0.352 e. The lowest BCUT2D eigenvalue weighted by atomic mass is 10.3. The van der Waals surface area contributed by atoms with Crippen LogP contribution in [0.15, 0.2) is 12.7 Å². The summed E-state index contributed by atoms with van der Waals surface area (Å²) in [6.07, 6.45) is 1.30. The van der Waals surface area contributed by atoms with Crippen LogP contribution in [0.2, 0.25) is 0 Å². The predicted molar refractivity (Wildman–Crippen MR) is 32.3 cm³/mol. The number of nitrogens with one attached hydrogen (secondary N) is 1. The monoisotopic (exact) mass is 125 g/mol. The van der Waals surface area contributed by atoms with E-state index in [1.54, 1.807) is 6.07 Å². The molecular weight excluding hydrogens is 118 g/mol. The molecule has 1 atom stereocenters. The summed E-state index contributed by atoms with van der Waals surface area (Å²) in [6.45, 7) is 3.29. The Hall–Kier alpha value is -1.50. The molecule has 0 rings (SSSR count). The highest BCUT2D eigenvalue weighted by Crippen LogP contribution is 1.78. The minimum atomic E-state index is -0.721. The van der Waals surface area contributed by atoms with Gasteiger partial charge in [-0.2, -0.15) is 5.26 Å². The summed E-state index contributed by atoms with van der Waals surface area (Å²) in [7, 11) is 0. The predicted octanol–water partition coefficient (Wildman–Crippen LogP) is -0.267. The fourth-order valence-electron chi connectivity index (χ4n) is 0.297. The second-order valence-corrected chi connectivity index (χ2v) is 1.35. The van der Waals surface area contributed by atoms with Crippen LogP contribution in [0, 0.1) is 11.3 Å². The van der Waals surface area contributed by atoms with Gasteiger partial charge in [0.1, 0.15) is 6.04 Å². The van der Waals surface area contributed by atoms with Gasteiger partial charge >= 0.3 is 6.03 Å². The molecule has 0 spiro atoms. The van der Waals surface area contributed by atoms with Crippen molar-refractivity contribution < 1.29 is 4.79 Å². The van der Waals surface area contributed by atoms with Crippen molar-refractivity contribution in [3.05, 3.63) is 12.7 Å². The first kappa shape index (κ1) is 7.50. The van der Waals surface area contributed by atoms with Crippen molar-refractivity contribution in [1.29, 1.82) is 5.26 Å². The molecule has 4 heteroatoms. The quantitative estimate of drug-likeness (QED) is 0.498. The van der Waals surface area contributed by atoms with Gasteiger partial charge in [-0.3, -0.25) is 0 Å². The number of carbonyl (C=O) groups excluding carboxylic acids is 1. The molecule has 4 nitrogen and oxygen atoms in total. The first-order valence-electron chi connectivity index (χ1n) is 2.29. The molecule has 0 aliphatic rings. The first-order valence-corrected chi connectivity index (χ1v) is 2.29. The highest BCUT2D eigenvalue weighted by Gasteiger charge is 2.00. The number of carbonyl (C=O) groups is 1. The van der Waals surface area contributed by atoms with Gasteiger partial charge in [0.05, 0.1) is 6.07 Å². The molecule has 2 amide bonds. The molecule has 48 valence electrons. The maximum atomic E-state index is 10.0. The van der Waals surface area contributed by atoms with Crippen molar-refractivity contribution in [3.63, 3.8) is 0 Å². The van der Waals surface area contributed by atoms with Gasteiger partial charge in [-0.05, 0) is 0 Å². The van der Waals surface area contributed by atoms with E-state index in [1.807, 2.05) is 0 Å². The van der Waals surface area contributed by atoms with E-state index in [0.717, 1.165) is 0 Å². The zero-order valence-corrected chi connectivity index (χ0v) is 4.79. The Morgan fingerprint density at radius 1 is 2.00 bits per heavy atom. The maximum Gasteiger partial charge on any atom is 0.313 e. The zero-order valence-electron chi connectivity index (χ0n) is 4.79. The molecule has 0 aromatic heterocycles. The van der Waals surface area contributed by atoms with E-state index in [9.17, 15) is 4.79 Å². The fourth-order valence-corrected chi connectivity index (χ4v) is 0.297. The van der Waals surface area contributed by atoms with Crippen molar-refractivity contribution in [2.24, 2.45) is 5.73 Å². The van der Waals surface area contributed by atoms with Crippen LogP contribution >= 0.6 is 0 Å². The largest absolute Gasteiger partial charge is 0.352 e. The van der Waals surface area contributed by atoms with Gasteiger partial charge in [-0.25, -0.2) is 4.79 Å². The van der Waals surface area contributed by atoms with Crippen LogP contribution in [0.25, 0.3) is 0 Å². The number of nitrogens with two attached hydrogens (primary N) is 1.